The number of rotatable bonds is 7. The van der Waals surface area contributed by atoms with Crippen LogP contribution in [-0.2, 0) is 9.59 Å². The Hall–Kier alpha value is -2.37. The van der Waals surface area contributed by atoms with Gasteiger partial charge in [-0.2, -0.15) is 0 Å². The Bertz CT molecular complexity index is 580. The van der Waals surface area contributed by atoms with E-state index in [-0.39, 0.29) is 24.3 Å². The van der Waals surface area contributed by atoms with Gasteiger partial charge in [0.2, 0.25) is 5.91 Å². The van der Waals surface area contributed by atoms with Crippen molar-refractivity contribution in [1.82, 2.24) is 10.2 Å². The lowest BCUT2D eigenvalue weighted by atomic mass is 9.96. The van der Waals surface area contributed by atoms with Crippen molar-refractivity contribution in [1.29, 1.82) is 0 Å². The molecule has 0 bridgehead atoms. The third kappa shape index (κ3) is 4.81. The van der Waals surface area contributed by atoms with Crippen molar-refractivity contribution in [2.75, 3.05) is 26.2 Å². The second kappa shape index (κ2) is 9.05. The molecule has 1 aliphatic heterocycles. The fourth-order valence-corrected chi connectivity index (χ4v) is 2.72. The molecule has 0 atom stereocenters. The molecule has 2 amide bonds. The van der Waals surface area contributed by atoms with Crippen LogP contribution in [0.4, 0.5) is 0 Å². The molecule has 0 aromatic heterocycles. The standard InChI is InChI=1S/C18H24N2O4/c1-2-9-19-18(23)14-7-10-20(11-8-14)17(22)13-24-16-6-4-3-5-15(16)12-21/h3-6,12,14H,2,7-11,13H2,1H3,(H,19,23). The Morgan fingerprint density at radius 3 is 2.67 bits per heavy atom. The van der Waals surface area contributed by atoms with Gasteiger partial charge in [-0.25, -0.2) is 0 Å². The van der Waals surface area contributed by atoms with Crippen LogP contribution in [0, 0.1) is 5.92 Å². The highest BCUT2D eigenvalue weighted by molar-refractivity contribution is 5.82. The van der Waals surface area contributed by atoms with E-state index in [9.17, 15) is 14.4 Å². The van der Waals surface area contributed by atoms with Crippen LogP contribution in [0.2, 0.25) is 0 Å². The van der Waals surface area contributed by atoms with Crippen molar-refractivity contribution >= 4 is 18.1 Å². The third-order valence-corrected chi connectivity index (χ3v) is 4.16. The molecular weight excluding hydrogens is 308 g/mol. The maximum Gasteiger partial charge on any atom is 0.260 e. The summed E-state index contributed by atoms with van der Waals surface area (Å²) in [6.45, 7) is 3.73. The van der Waals surface area contributed by atoms with Gasteiger partial charge in [-0.05, 0) is 31.4 Å². The number of hydrogen-bond acceptors (Lipinski definition) is 4. The van der Waals surface area contributed by atoms with E-state index in [0.29, 0.717) is 50.1 Å². The van der Waals surface area contributed by atoms with Crippen LogP contribution in [0.5, 0.6) is 5.75 Å². The lowest BCUT2D eigenvalue weighted by Gasteiger charge is -2.31. The number of hydrogen-bond donors (Lipinski definition) is 1. The molecule has 0 unspecified atom stereocenters. The molecule has 2 rings (SSSR count). The molecule has 0 spiro atoms. The van der Waals surface area contributed by atoms with Gasteiger partial charge in [0, 0.05) is 25.6 Å². The highest BCUT2D eigenvalue weighted by atomic mass is 16.5. The van der Waals surface area contributed by atoms with Gasteiger partial charge < -0.3 is 15.0 Å². The number of para-hydroxylation sites is 1. The first kappa shape index (κ1) is 18.0. The van der Waals surface area contributed by atoms with Gasteiger partial charge >= 0.3 is 0 Å². The average Bonchev–Trinajstić information content (AvgIpc) is 2.64. The normalized spacial score (nSPS) is 15.0. The molecule has 24 heavy (non-hydrogen) atoms. The van der Waals surface area contributed by atoms with Crippen LogP contribution in [0.1, 0.15) is 36.5 Å². The molecule has 0 aliphatic carbocycles. The summed E-state index contributed by atoms with van der Waals surface area (Å²) < 4.78 is 5.47. The van der Waals surface area contributed by atoms with Crippen LogP contribution in [0.15, 0.2) is 24.3 Å². The van der Waals surface area contributed by atoms with Crippen molar-refractivity contribution in [3.63, 3.8) is 0 Å². The number of piperidine rings is 1. The minimum atomic E-state index is -0.122. The second-order valence-corrected chi connectivity index (χ2v) is 5.89. The van der Waals surface area contributed by atoms with E-state index in [1.165, 1.54) is 0 Å². The van der Waals surface area contributed by atoms with E-state index < -0.39 is 0 Å². The Morgan fingerprint density at radius 2 is 2.00 bits per heavy atom. The fraction of sp³-hybridized carbons (Fsp3) is 0.500. The molecule has 1 N–H and O–H groups in total. The summed E-state index contributed by atoms with van der Waals surface area (Å²) in [7, 11) is 0. The molecule has 1 aliphatic rings. The van der Waals surface area contributed by atoms with Crippen LogP contribution in [0.25, 0.3) is 0 Å². The number of carbonyl (C=O) groups excluding carboxylic acids is 3. The quantitative estimate of drug-likeness (QED) is 0.770. The zero-order chi connectivity index (χ0) is 17.4. The predicted octanol–water partition coefficient (Wildman–Crippen LogP) is 1.64. The largest absolute Gasteiger partial charge is 0.483 e. The number of aldehydes is 1. The Kier molecular flexibility index (Phi) is 6.78. The molecular formula is C18H24N2O4. The van der Waals surface area contributed by atoms with Crippen molar-refractivity contribution < 1.29 is 19.1 Å². The summed E-state index contributed by atoms with van der Waals surface area (Å²) >= 11 is 0. The highest BCUT2D eigenvalue weighted by Gasteiger charge is 2.27. The summed E-state index contributed by atoms with van der Waals surface area (Å²) in [6.07, 6.45) is 2.97. The number of ether oxygens (including phenoxy) is 1. The smallest absolute Gasteiger partial charge is 0.260 e. The topological polar surface area (TPSA) is 75.7 Å². The Morgan fingerprint density at radius 1 is 1.29 bits per heavy atom. The van der Waals surface area contributed by atoms with Gasteiger partial charge in [0.15, 0.2) is 12.9 Å². The van der Waals surface area contributed by atoms with Gasteiger partial charge in [0.25, 0.3) is 5.91 Å². The van der Waals surface area contributed by atoms with E-state index in [0.717, 1.165) is 6.42 Å². The summed E-state index contributed by atoms with van der Waals surface area (Å²) in [5.74, 6) is 0.357. The number of nitrogens with one attached hydrogen (secondary N) is 1. The molecule has 130 valence electrons. The molecule has 1 fully saturated rings. The number of likely N-dealkylation sites (tertiary alicyclic amines) is 1. The van der Waals surface area contributed by atoms with E-state index in [1.807, 2.05) is 6.92 Å². The van der Waals surface area contributed by atoms with E-state index in [1.54, 1.807) is 29.2 Å². The molecule has 0 saturated carbocycles. The molecule has 6 nitrogen and oxygen atoms in total. The number of amides is 2. The third-order valence-electron chi connectivity index (χ3n) is 4.16. The average molecular weight is 332 g/mol. The zero-order valence-electron chi connectivity index (χ0n) is 14.0. The molecule has 1 aromatic rings. The molecule has 1 heterocycles. The van der Waals surface area contributed by atoms with Gasteiger partial charge in [0.1, 0.15) is 5.75 Å². The first-order valence-corrected chi connectivity index (χ1v) is 8.38. The van der Waals surface area contributed by atoms with Gasteiger partial charge in [-0.1, -0.05) is 19.1 Å². The van der Waals surface area contributed by atoms with E-state index >= 15 is 0 Å². The number of benzene rings is 1. The maximum atomic E-state index is 12.2. The van der Waals surface area contributed by atoms with Gasteiger partial charge in [0.05, 0.1) is 5.56 Å². The Labute approximate surface area is 142 Å². The fourth-order valence-electron chi connectivity index (χ4n) is 2.72. The summed E-state index contributed by atoms with van der Waals surface area (Å²) in [6, 6.07) is 6.81. The van der Waals surface area contributed by atoms with Crippen molar-refractivity contribution in [2.24, 2.45) is 5.92 Å². The minimum Gasteiger partial charge on any atom is -0.483 e. The van der Waals surface area contributed by atoms with Crippen molar-refractivity contribution in [3.05, 3.63) is 29.8 Å². The molecule has 1 saturated heterocycles. The minimum absolute atomic E-state index is 0.0164. The SMILES string of the molecule is CCCNC(=O)C1CCN(C(=O)COc2ccccc2C=O)CC1. The van der Waals surface area contributed by atoms with Crippen LogP contribution < -0.4 is 10.1 Å². The van der Waals surface area contributed by atoms with E-state index in [4.69, 9.17) is 4.74 Å². The van der Waals surface area contributed by atoms with Gasteiger partial charge in [-0.3, -0.25) is 14.4 Å². The molecule has 1 aromatic carbocycles. The monoisotopic (exact) mass is 332 g/mol. The Balaban J connectivity index is 1.78. The van der Waals surface area contributed by atoms with Crippen LogP contribution in [-0.4, -0.2) is 49.2 Å². The predicted molar refractivity (Wildman–Crippen MR) is 89.9 cm³/mol. The summed E-state index contributed by atoms with van der Waals surface area (Å²) in [4.78, 5) is 36.8. The summed E-state index contributed by atoms with van der Waals surface area (Å²) in [5, 5.41) is 2.91. The number of nitrogens with zero attached hydrogens (tertiary/aromatic N) is 1. The van der Waals surface area contributed by atoms with Crippen molar-refractivity contribution in [2.45, 2.75) is 26.2 Å². The maximum absolute atomic E-state index is 12.2. The summed E-state index contributed by atoms with van der Waals surface area (Å²) in [5.41, 5.74) is 0.427. The lowest BCUT2D eigenvalue weighted by Crippen LogP contribution is -2.44. The molecule has 0 radical (unpaired) electrons. The lowest BCUT2D eigenvalue weighted by molar-refractivity contribution is -0.137. The first-order valence-electron chi connectivity index (χ1n) is 8.38. The molecule has 6 heteroatoms. The number of carbonyl (C=O) groups is 3. The van der Waals surface area contributed by atoms with E-state index in [2.05, 4.69) is 5.32 Å². The zero-order valence-corrected chi connectivity index (χ0v) is 14.0. The van der Waals surface area contributed by atoms with Crippen molar-refractivity contribution in [3.8, 4) is 5.75 Å². The van der Waals surface area contributed by atoms with Crippen LogP contribution >= 0.6 is 0 Å². The second-order valence-electron chi connectivity index (χ2n) is 5.89. The first-order chi connectivity index (χ1) is 11.7. The van der Waals surface area contributed by atoms with Crippen LogP contribution in [0.3, 0.4) is 0 Å². The highest BCUT2D eigenvalue weighted by Crippen LogP contribution is 2.19. The van der Waals surface area contributed by atoms with Gasteiger partial charge in [-0.15, -0.1) is 0 Å².